The number of ketones is 1. The minimum Gasteiger partial charge on any atom is -0.394 e. The average Bonchev–Trinajstić information content (AvgIpc) is 3.37. The van der Waals surface area contributed by atoms with Crippen LogP contribution in [0.3, 0.4) is 0 Å². The number of anilines is 1. The summed E-state index contributed by atoms with van der Waals surface area (Å²) in [5.74, 6) is 0.0104. The molecule has 5 rings (SSSR count). The first-order chi connectivity index (χ1) is 19.0. The second-order valence-corrected chi connectivity index (χ2v) is 10.8. The Bertz CT molecular complexity index is 1430. The summed E-state index contributed by atoms with van der Waals surface area (Å²) >= 11 is 0. The number of aliphatic hydroxyl groups is 1. The predicted octanol–water partition coefficient (Wildman–Crippen LogP) is 5.09. The van der Waals surface area contributed by atoms with Gasteiger partial charge in [0.25, 0.3) is 0 Å². The zero-order valence-corrected chi connectivity index (χ0v) is 22.7. The summed E-state index contributed by atoms with van der Waals surface area (Å²) in [7, 11) is 0. The molecular weight excluding hydrogens is 486 g/mol. The van der Waals surface area contributed by atoms with Crippen LogP contribution < -0.4 is 10.2 Å². The molecule has 3 aromatic carbocycles. The van der Waals surface area contributed by atoms with Crippen molar-refractivity contribution >= 4 is 28.3 Å². The number of aliphatic hydroxyl groups excluding tert-OH is 1. The Balaban J connectivity index is 1.58. The quantitative estimate of drug-likeness (QED) is 0.267. The van der Waals surface area contributed by atoms with Crippen LogP contribution in [0.1, 0.15) is 47.3 Å². The number of aryl methyl sites for hydroxylation is 1. The van der Waals surface area contributed by atoms with Crippen molar-refractivity contribution in [3.8, 4) is 0 Å². The number of nitrogens with zero attached hydrogens (tertiary/aromatic N) is 1. The van der Waals surface area contributed by atoms with E-state index in [0.29, 0.717) is 24.9 Å². The van der Waals surface area contributed by atoms with E-state index in [-0.39, 0.29) is 24.2 Å². The molecule has 1 amide bonds. The second kappa shape index (κ2) is 11.9. The van der Waals surface area contributed by atoms with E-state index in [2.05, 4.69) is 53.3 Å². The summed E-state index contributed by atoms with van der Waals surface area (Å²) < 4.78 is 0. The monoisotopic (exact) mass is 523 g/mol. The lowest BCUT2D eigenvalue weighted by Gasteiger charge is -2.36. The maximum absolute atomic E-state index is 13.6. The average molecular weight is 524 g/mol. The van der Waals surface area contributed by atoms with Gasteiger partial charge in [-0.15, -0.1) is 0 Å². The van der Waals surface area contributed by atoms with E-state index < -0.39 is 12.1 Å². The van der Waals surface area contributed by atoms with Crippen LogP contribution in [0.4, 0.5) is 5.69 Å². The zero-order chi connectivity index (χ0) is 27.4. The first-order valence-corrected chi connectivity index (χ1v) is 13.9. The molecule has 39 heavy (non-hydrogen) atoms. The molecule has 2 atom stereocenters. The van der Waals surface area contributed by atoms with Gasteiger partial charge >= 0.3 is 0 Å². The number of hydrogen-bond acceptors (Lipinski definition) is 4. The summed E-state index contributed by atoms with van der Waals surface area (Å²) in [6.45, 7) is 4.66. The molecule has 4 aromatic rings. The van der Waals surface area contributed by atoms with Crippen molar-refractivity contribution in [3.63, 3.8) is 0 Å². The van der Waals surface area contributed by atoms with E-state index in [1.807, 2.05) is 54.7 Å². The van der Waals surface area contributed by atoms with Crippen LogP contribution in [0.5, 0.6) is 0 Å². The van der Waals surface area contributed by atoms with Gasteiger partial charge < -0.3 is 20.3 Å². The molecule has 0 saturated heterocycles. The Kier molecular flexibility index (Phi) is 8.13. The largest absolute Gasteiger partial charge is 0.394 e. The number of Topliss-reactive ketones (excluding diaryl/α,β-unsaturated/α-hetero) is 1. The van der Waals surface area contributed by atoms with Crippen molar-refractivity contribution in [3.05, 3.63) is 101 Å². The van der Waals surface area contributed by atoms with Crippen molar-refractivity contribution in [1.29, 1.82) is 0 Å². The molecule has 0 bridgehead atoms. The Hall–Kier alpha value is -3.90. The van der Waals surface area contributed by atoms with Gasteiger partial charge in [0, 0.05) is 35.8 Å². The van der Waals surface area contributed by atoms with Crippen LogP contribution in [0.25, 0.3) is 10.9 Å². The number of nitrogens with one attached hydrogen (secondary N) is 2. The maximum atomic E-state index is 13.6. The smallest absolute Gasteiger partial charge is 0.243 e. The molecule has 0 spiro atoms. The number of aromatic amines is 1. The van der Waals surface area contributed by atoms with Crippen molar-refractivity contribution in [1.82, 2.24) is 10.3 Å². The molecule has 6 nitrogen and oxygen atoms in total. The van der Waals surface area contributed by atoms with Gasteiger partial charge in [-0.3, -0.25) is 9.59 Å². The third-order valence-electron chi connectivity index (χ3n) is 7.69. The topological polar surface area (TPSA) is 85.4 Å². The van der Waals surface area contributed by atoms with Gasteiger partial charge in [-0.1, -0.05) is 74.5 Å². The van der Waals surface area contributed by atoms with Crippen molar-refractivity contribution in [2.24, 2.45) is 5.92 Å². The maximum Gasteiger partial charge on any atom is 0.243 e. The van der Waals surface area contributed by atoms with E-state index >= 15 is 0 Å². The molecule has 1 aliphatic heterocycles. The van der Waals surface area contributed by atoms with E-state index in [1.165, 1.54) is 5.56 Å². The molecule has 1 aromatic heterocycles. The molecule has 3 N–H and O–H groups in total. The normalized spacial score (nSPS) is 17.5. The number of carbonyl (C=O) groups is 2. The minimum absolute atomic E-state index is 0.0380. The predicted molar refractivity (Wildman–Crippen MR) is 156 cm³/mol. The number of amides is 1. The van der Waals surface area contributed by atoms with Gasteiger partial charge in [-0.2, -0.15) is 0 Å². The molecule has 0 unspecified atom stereocenters. The molecular formula is C33H37N3O3. The van der Waals surface area contributed by atoms with Crippen LogP contribution in [-0.4, -0.2) is 47.0 Å². The molecule has 1 aliphatic rings. The zero-order valence-electron chi connectivity index (χ0n) is 22.7. The highest BCUT2D eigenvalue weighted by molar-refractivity contribution is 6.12. The summed E-state index contributed by atoms with van der Waals surface area (Å²) in [5, 5.41) is 14.2. The molecule has 202 valence electrons. The van der Waals surface area contributed by atoms with E-state index in [9.17, 15) is 14.7 Å². The summed E-state index contributed by atoms with van der Waals surface area (Å²) in [5.41, 5.74) is 5.63. The fourth-order valence-corrected chi connectivity index (χ4v) is 5.83. The van der Waals surface area contributed by atoms with Gasteiger partial charge in [0.05, 0.1) is 18.2 Å². The van der Waals surface area contributed by atoms with E-state index in [0.717, 1.165) is 40.6 Å². The van der Waals surface area contributed by atoms with Crippen molar-refractivity contribution in [2.45, 2.75) is 51.6 Å². The lowest BCUT2D eigenvalue weighted by Crippen LogP contribution is -2.53. The highest BCUT2D eigenvalue weighted by atomic mass is 16.3. The van der Waals surface area contributed by atoms with Gasteiger partial charge in [0.2, 0.25) is 5.91 Å². The fraction of sp³-hybridized carbons (Fsp3) is 0.333. The Morgan fingerprint density at radius 3 is 2.36 bits per heavy atom. The lowest BCUT2D eigenvalue weighted by atomic mass is 9.95. The van der Waals surface area contributed by atoms with Crippen LogP contribution >= 0.6 is 0 Å². The van der Waals surface area contributed by atoms with Gasteiger partial charge in [0.15, 0.2) is 5.78 Å². The third-order valence-corrected chi connectivity index (χ3v) is 7.69. The molecule has 0 saturated carbocycles. The van der Waals surface area contributed by atoms with Crippen molar-refractivity contribution < 1.29 is 14.7 Å². The number of H-pyrrole nitrogens is 1. The fourth-order valence-electron chi connectivity index (χ4n) is 5.83. The molecule has 6 heteroatoms. The number of hydrogen-bond donors (Lipinski definition) is 3. The van der Waals surface area contributed by atoms with Gasteiger partial charge in [0.1, 0.15) is 6.04 Å². The summed E-state index contributed by atoms with van der Waals surface area (Å²) in [6.07, 6.45) is 4.51. The molecule has 0 aliphatic carbocycles. The molecule has 0 radical (unpaired) electrons. The Morgan fingerprint density at radius 2 is 1.69 bits per heavy atom. The van der Waals surface area contributed by atoms with Crippen LogP contribution in [0, 0.1) is 5.92 Å². The summed E-state index contributed by atoms with van der Waals surface area (Å²) in [4.78, 5) is 32.7. The number of rotatable bonds is 9. The Morgan fingerprint density at radius 1 is 1.00 bits per heavy atom. The van der Waals surface area contributed by atoms with E-state index in [1.54, 1.807) is 0 Å². The van der Waals surface area contributed by atoms with Gasteiger partial charge in [-0.05, 0) is 54.0 Å². The highest BCUT2D eigenvalue weighted by Gasteiger charge is 2.34. The third kappa shape index (κ3) is 5.76. The first-order valence-electron chi connectivity index (χ1n) is 13.9. The first kappa shape index (κ1) is 26.7. The second-order valence-electron chi connectivity index (χ2n) is 10.8. The number of carbonyl (C=O) groups excluding carboxylic acids is 2. The van der Waals surface area contributed by atoms with E-state index in [4.69, 9.17) is 0 Å². The van der Waals surface area contributed by atoms with Crippen molar-refractivity contribution in [2.75, 3.05) is 18.1 Å². The van der Waals surface area contributed by atoms with Crippen LogP contribution in [0.2, 0.25) is 0 Å². The molecule has 2 heterocycles. The standard InChI is InChI=1S/C33H37N3O3/c1-22(2)32-33(39)35-26(21-37)19-25-20-34-31-27(29(38)18-24-12-7-4-8-13-24)15-16-28(30(25)31)36(32)17-9-14-23-10-5-3-6-11-23/h3-8,10-13,15-16,20,22,26,32,34,37H,9,14,17-19,21H2,1-2H3,(H,35,39)/t26-,32-/m0/s1. The Labute approximate surface area is 230 Å². The van der Waals surface area contributed by atoms with Crippen LogP contribution in [0.15, 0.2) is 79.0 Å². The van der Waals surface area contributed by atoms with Crippen LogP contribution in [-0.2, 0) is 24.1 Å². The summed E-state index contributed by atoms with van der Waals surface area (Å²) in [6, 6.07) is 23.3. The lowest BCUT2D eigenvalue weighted by molar-refractivity contribution is -0.124. The molecule has 0 fully saturated rings. The highest BCUT2D eigenvalue weighted by Crippen LogP contribution is 2.36. The minimum atomic E-state index is -0.412. The van der Waals surface area contributed by atoms with Gasteiger partial charge in [-0.25, -0.2) is 0 Å². The number of aromatic nitrogens is 1. The SMILES string of the molecule is CC(C)[C@H]1C(=O)N[C@H](CO)Cc2c[nH]c3c(C(=O)Cc4ccccc4)ccc(c23)N1CCCc1ccccc1. The number of benzene rings is 3.